The molecule has 0 spiro atoms. The van der Waals surface area contributed by atoms with Gasteiger partial charge in [0.25, 0.3) is 0 Å². The Bertz CT molecular complexity index is 196. The van der Waals surface area contributed by atoms with Gasteiger partial charge in [-0.2, -0.15) is 0 Å². The number of carbonyl (C=O) groups excluding carboxylic acids is 1. The molecule has 0 saturated heterocycles. The summed E-state index contributed by atoms with van der Waals surface area (Å²) >= 11 is 0. The molecule has 0 bridgehead atoms. The molecule has 0 aliphatic rings. The van der Waals surface area contributed by atoms with E-state index < -0.39 is 29.9 Å². The predicted molar refractivity (Wildman–Crippen MR) is 39.5 cm³/mol. The highest BCUT2D eigenvalue weighted by molar-refractivity contribution is 6.04. The van der Waals surface area contributed by atoms with Crippen LogP contribution in [-0.4, -0.2) is 39.8 Å². The molecule has 0 aromatic carbocycles. The van der Waals surface area contributed by atoms with Gasteiger partial charge in [-0.25, -0.2) is 0 Å². The Kier molecular flexibility index (Phi) is 3.36. The summed E-state index contributed by atoms with van der Waals surface area (Å²) in [6, 6.07) is 0. The van der Waals surface area contributed by atoms with Crippen molar-refractivity contribution in [1.29, 1.82) is 0 Å². The van der Waals surface area contributed by atoms with Crippen molar-refractivity contribution in [1.82, 2.24) is 0 Å². The molecule has 5 heteroatoms. The number of aliphatic hydroxyl groups excluding tert-OH is 2. The fraction of sp³-hybridized carbons (Fsp3) is 0.714. The Hall–Kier alpha value is -0.940. The molecule has 0 aliphatic carbocycles. The lowest BCUT2D eigenvalue weighted by atomic mass is 9.85. The lowest BCUT2D eigenvalue weighted by Gasteiger charge is -2.19. The third kappa shape index (κ3) is 2.02. The number of ketones is 1. The van der Waals surface area contributed by atoms with Crippen molar-refractivity contribution < 1.29 is 24.9 Å². The first kappa shape index (κ1) is 11.1. The number of aliphatic hydroxyl groups is 2. The Morgan fingerprint density at radius 1 is 1.42 bits per heavy atom. The van der Waals surface area contributed by atoms with Crippen LogP contribution in [0.4, 0.5) is 0 Å². The van der Waals surface area contributed by atoms with Crippen LogP contribution < -0.4 is 0 Å². The third-order valence-electron chi connectivity index (χ3n) is 1.63. The van der Waals surface area contributed by atoms with Crippen LogP contribution in [0.25, 0.3) is 0 Å². The number of carboxylic acid groups (broad SMARTS) is 1. The topological polar surface area (TPSA) is 94.8 Å². The van der Waals surface area contributed by atoms with Gasteiger partial charge in [0, 0.05) is 0 Å². The number of hydrogen-bond donors (Lipinski definition) is 3. The van der Waals surface area contributed by atoms with Crippen LogP contribution in [0.1, 0.15) is 13.8 Å². The minimum Gasteiger partial charge on any atom is -0.481 e. The maximum Gasteiger partial charge on any atom is 0.316 e. The van der Waals surface area contributed by atoms with Gasteiger partial charge in [-0.15, -0.1) is 0 Å². The van der Waals surface area contributed by atoms with E-state index in [4.69, 9.17) is 15.3 Å². The molecule has 70 valence electrons. The first-order chi connectivity index (χ1) is 5.34. The van der Waals surface area contributed by atoms with Gasteiger partial charge < -0.3 is 15.3 Å². The van der Waals surface area contributed by atoms with E-state index in [1.54, 1.807) is 0 Å². The van der Waals surface area contributed by atoms with Crippen molar-refractivity contribution in [2.24, 2.45) is 5.41 Å². The molecule has 0 fully saturated rings. The summed E-state index contributed by atoms with van der Waals surface area (Å²) in [4.78, 5) is 21.5. The van der Waals surface area contributed by atoms with Gasteiger partial charge in [-0.1, -0.05) is 0 Å². The highest BCUT2D eigenvalue weighted by Gasteiger charge is 2.39. The van der Waals surface area contributed by atoms with E-state index in [1.165, 1.54) is 13.8 Å². The fourth-order valence-electron chi connectivity index (χ4n) is 0.605. The molecule has 0 amide bonds. The summed E-state index contributed by atoms with van der Waals surface area (Å²) < 4.78 is 0. The largest absolute Gasteiger partial charge is 0.481 e. The summed E-state index contributed by atoms with van der Waals surface area (Å²) in [5.74, 6) is -2.21. The van der Waals surface area contributed by atoms with Gasteiger partial charge in [0.1, 0.15) is 11.5 Å². The monoisotopic (exact) mass is 176 g/mol. The highest BCUT2D eigenvalue weighted by atomic mass is 16.4. The van der Waals surface area contributed by atoms with Crippen molar-refractivity contribution in [3.8, 4) is 0 Å². The summed E-state index contributed by atoms with van der Waals surface area (Å²) in [6.45, 7) is 1.60. The molecule has 0 aliphatic heterocycles. The minimum atomic E-state index is -1.65. The number of aliphatic carboxylic acids is 1. The quantitative estimate of drug-likeness (QED) is 0.478. The maximum absolute atomic E-state index is 11.0. The van der Waals surface area contributed by atoms with Crippen LogP contribution in [0.3, 0.4) is 0 Å². The molecular weight excluding hydrogens is 164 g/mol. The average Bonchev–Trinajstić information content (AvgIpc) is 2.01. The van der Waals surface area contributed by atoms with Crippen molar-refractivity contribution in [2.75, 3.05) is 6.61 Å². The number of carboxylic acids is 1. The smallest absolute Gasteiger partial charge is 0.316 e. The number of carbonyl (C=O) groups is 2. The lowest BCUT2D eigenvalue weighted by Crippen LogP contribution is -2.41. The van der Waals surface area contributed by atoms with E-state index in [9.17, 15) is 9.59 Å². The lowest BCUT2D eigenvalue weighted by molar-refractivity contribution is -0.156. The van der Waals surface area contributed by atoms with E-state index >= 15 is 0 Å². The van der Waals surface area contributed by atoms with Gasteiger partial charge in [-0.05, 0) is 13.8 Å². The summed E-state index contributed by atoms with van der Waals surface area (Å²) in [6.07, 6.45) is -1.61. The normalized spacial score (nSPS) is 14.0. The molecule has 12 heavy (non-hydrogen) atoms. The van der Waals surface area contributed by atoms with E-state index in [2.05, 4.69) is 0 Å². The SMILES string of the molecule is CC(C)(C(=O)O)C(=O)C(O)CO. The minimum absolute atomic E-state index is 0.754. The highest BCUT2D eigenvalue weighted by Crippen LogP contribution is 2.18. The van der Waals surface area contributed by atoms with Gasteiger partial charge in [0.05, 0.1) is 6.61 Å². The average molecular weight is 176 g/mol. The molecule has 5 nitrogen and oxygen atoms in total. The molecule has 0 saturated carbocycles. The second-order valence-electron chi connectivity index (χ2n) is 2.99. The first-order valence-electron chi connectivity index (χ1n) is 3.40. The Labute approximate surface area is 69.6 Å². The second kappa shape index (κ2) is 3.64. The second-order valence-corrected chi connectivity index (χ2v) is 2.99. The van der Waals surface area contributed by atoms with Crippen LogP contribution in [0, 0.1) is 5.41 Å². The zero-order valence-electron chi connectivity index (χ0n) is 6.94. The molecule has 1 unspecified atom stereocenters. The van der Waals surface area contributed by atoms with Crippen molar-refractivity contribution in [2.45, 2.75) is 20.0 Å². The Morgan fingerprint density at radius 3 is 2.08 bits per heavy atom. The molecule has 0 aromatic heterocycles. The summed E-state index contributed by atoms with van der Waals surface area (Å²) in [7, 11) is 0. The van der Waals surface area contributed by atoms with Crippen LogP contribution in [-0.2, 0) is 9.59 Å². The van der Waals surface area contributed by atoms with Crippen LogP contribution in [0.15, 0.2) is 0 Å². The van der Waals surface area contributed by atoms with E-state index in [1.807, 2.05) is 0 Å². The van der Waals surface area contributed by atoms with Gasteiger partial charge in [-0.3, -0.25) is 9.59 Å². The van der Waals surface area contributed by atoms with E-state index in [0.717, 1.165) is 0 Å². The van der Waals surface area contributed by atoms with Crippen LogP contribution in [0.2, 0.25) is 0 Å². The van der Waals surface area contributed by atoms with Gasteiger partial charge >= 0.3 is 5.97 Å². The van der Waals surface area contributed by atoms with Crippen molar-refractivity contribution in [3.05, 3.63) is 0 Å². The number of Topliss-reactive ketones (excluding diaryl/α,β-unsaturated/α-hetero) is 1. The van der Waals surface area contributed by atoms with E-state index in [-0.39, 0.29) is 0 Å². The summed E-state index contributed by atoms with van der Waals surface area (Å²) in [5.41, 5.74) is -1.65. The molecular formula is C7H12O5. The zero-order valence-corrected chi connectivity index (χ0v) is 6.94. The summed E-state index contributed by atoms with van der Waals surface area (Å²) in [5, 5.41) is 25.8. The van der Waals surface area contributed by atoms with Crippen LogP contribution >= 0.6 is 0 Å². The zero-order chi connectivity index (χ0) is 9.94. The molecule has 0 radical (unpaired) electrons. The predicted octanol–water partition coefficient (Wildman–Crippen LogP) is -0.980. The molecule has 0 rings (SSSR count). The van der Waals surface area contributed by atoms with E-state index in [0.29, 0.717) is 0 Å². The number of hydrogen-bond acceptors (Lipinski definition) is 4. The fourth-order valence-corrected chi connectivity index (χ4v) is 0.605. The van der Waals surface area contributed by atoms with Crippen molar-refractivity contribution >= 4 is 11.8 Å². The standard InChI is InChI=1S/C7H12O5/c1-7(2,6(11)12)5(10)4(9)3-8/h4,8-9H,3H2,1-2H3,(H,11,12). The van der Waals surface area contributed by atoms with Gasteiger partial charge in [0.15, 0.2) is 5.78 Å². The molecule has 0 heterocycles. The van der Waals surface area contributed by atoms with Crippen LogP contribution in [0.5, 0.6) is 0 Å². The Balaban J connectivity index is 4.57. The van der Waals surface area contributed by atoms with Gasteiger partial charge in [0.2, 0.25) is 0 Å². The molecule has 3 N–H and O–H groups in total. The first-order valence-corrected chi connectivity index (χ1v) is 3.40. The maximum atomic E-state index is 11.0. The van der Waals surface area contributed by atoms with Crippen molar-refractivity contribution in [3.63, 3.8) is 0 Å². The number of rotatable bonds is 4. The molecule has 1 atom stereocenters. The molecule has 0 aromatic rings. The third-order valence-corrected chi connectivity index (χ3v) is 1.63. The Morgan fingerprint density at radius 2 is 1.83 bits per heavy atom.